The summed E-state index contributed by atoms with van der Waals surface area (Å²) < 4.78 is 0. The Hall–Kier alpha value is -1.22. The van der Waals surface area contributed by atoms with Crippen LogP contribution in [0.25, 0.3) is 10.8 Å². The van der Waals surface area contributed by atoms with E-state index in [1.807, 2.05) is 24.0 Å². The highest BCUT2D eigenvalue weighted by Gasteiger charge is 2.04. The van der Waals surface area contributed by atoms with Crippen LogP contribution in [0.15, 0.2) is 36.5 Å². The maximum Gasteiger partial charge on any atom is 0.133 e. The SMILES string of the molecule is CSCC(C)CNc1nccc2ccccc12. The van der Waals surface area contributed by atoms with Crippen LogP contribution in [0.1, 0.15) is 6.92 Å². The number of fused-ring (bicyclic) bond motifs is 1. The molecule has 1 N–H and O–H groups in total. The minimum absolute atomic E-state index is 0.658. The highest BCUT2D eigenvalue weighted by Crippen LogP contribution is 2.20. The molecule has 17 heavy (non-hydrogen) atoms. The molecule has 0 spiro atoms. The number of hydrogen-bond donors (Lipinski definition) is 1. The molecule has 0 amide bonds. The predicted octanol–water partition coefficient (Wildman–Crippen LogP) is 3.65. The van der Waals surface area contributed by atoms with Crippen molar-refractivity contribution in [2.24, 2.45) is 5.92 Å². The van der Waals surface area contributed by atoms with E-state index in [4.69, 9.17) is 0 Å². The maximum atomic E-state index is 4.42. The fourth-order valence-electron chi connectivity index (χ4n) is 1.87. The minimum Gasteiger partial charge on any atom is -0.369 e. The van der Waals surface area contributed by atoms with Gasteiger partial charge in [-0.25, -0.2) is 4.98 Å². The summed E-state index contributed by atoms with van der Waals surface area (Å²) in [6.07, 6.45) is 4.01. The number of thioether (sulfide) groups is 1. The minimum atomic E-state index is 0.658. The third kappa shape index (κ3) is 3.13. The van der Waals surface area contributed by atoms with Crippen molar-refractivity contribution < 1.29 is 0 Å². The van der Waals surface area contributed by atoms with Gasteiger partial charge in [0, 0.05) is 18.1 Å². The van der Waals surface area contributed by atoms with E-state index in [2.05, 4.69) is 47.7 Å². The molecule has 1 unspecified atom stereocenters. The normalized spacial score (nSPS) is 12.6. The van der Waals surface area contributed by atoms with Crippen molar-refractivity contribution in [3.8, 4) is 0 Å². The van der Waals surface area contributed by atoms with Gasteiger partial charge in [-0.1, -0.05) is 31.2 Å². The zero-order valence-electron chi connectivity index (χ0n) is 10.3. The second kappa shape index (κ2) is 5.92. The Bertz CT molecular complexity index is 479. The summed E-state index contributed by atoms with van der Waals surface area (Å²) in [5.74, 6) is 2.83. The highest BCUT2D eigenvalue weighted by molar-refractivity contribution is 7.98. The van der Waals surface area contributed by atoms with Crippen LogP contribution in [0.4, 0.5) is 5.82 Å². The van der Waals surface area contributed by atoms with Crippen molar-refractivity contribution in [2.75, 3.05) is 23.9 Å². The van der Waals surface area contributed by atoms with Crippen LogP contribution in [-0.2, 0) is 0 Å². The lowest BCUT2D eigenvalue weighted by atomic mass is 10.1. The van der Waals surface area contributed by atoms with E-state index < -0.39 is 0 Å². The van der Waals surface area contributed by atoms with E-state index in [-0.39, 0.29) is 0 Å². The molecule has 2 nitrogen and oxygen atoms in total. The van der Waals surface area contributed by atoms with Gasteiger partial charge in [0.15, 0.2) is 0 Å². The van der Waals surface area contributed by atoms with Crippen molar-refractivity contribution in [3.63, 3.8) is 0 Å². The van der Waals surface area contributed by atoms with Gasteiger partial charge in [-0.3, -0.25) is 0 Å². The summed E-state index contributed by atoms with van der Waals surface area (Å²) in [6.45, 7) is 3.23. The fraction of sp³-hybridized carbons (Fsp3) is 0.357. The Morgan fingerprint density at radius 1 is 1.29 bits per heavy atom. The summed E-state index contributed by atoms with van der Waals surface area (Å²) in [5.41, 5.74) is 0. The molecule has 0 aliphatic rings. The van der Waals surface area contributed by atoms with Crippen molar-refractivity contribution in [2.45, 2.75) is 6.92 Å². The standard InChI is InChI=1S/C14H18N2S/c1-11(10-17-2)9-16-14-13-6-4-3-5-12(13)7-8-15-14/h3-8,11H,9-10H2,1-2H3,(H,15,16). The maximum absolute atomic E-state index is 4.42. The number of rotatable bonds is 5. The molecular weight excluding hydrogens is 228 g/mol. The smallest absolute Gasteiger partial charge is 0.133 e. The Balaban J connectivity index is 2.13. The summed E-state index contributed by atoms with van der Waals surface area (Å²) in [5, 5.41) is 5.89. The average molecular weight is 246 g/mol. The zero-order valence-corrected chi connectivity index (χ0v) is 11.1. The van der Waals surface area contributed by atoms with Gasteiger partial charge in [-0.15, -0.1) is 0 Å². The van der Waals surface area contributed by atoms with E-state index in [0.717, 1.165) is 12.4 Å². The zero-order chi connectivity index (χ0) is 12.1. The van der Waals surface area contributed by atoms with Crippen molar-refractivity contribution >= 4 is 28.4 Å². The van der Waals surface area contributed by atoms with Gasteiger partial charge in [-0.2, -0.15) is 11.8 Å². The predicted molar refractivity (Wildman–Crippen MR) is 77.8 cm³/mol. The Morgan fingerprint density at radius 2 is 2.12 bits per heavy atom. The molecule has 0 bridgehead atoms. The first-order chi connectivity index (χ1) is 8.31. The number of anilines is 1. The lowest BCUT2D eigenvalue weighted by Crippen LogP contribution is -2.14. The molecule has 3 heteroatoms. The fourth-order valence-corrected chi connectivity index (χ4v) is 2.56. The molecule has 1 aromatic carbocycles. The van der Waals surface area contributed by atoms with Crippen LogP contribution >= 0.6 is 11.8 Å². The van der Waals surface area contributed by atoms with E-state index in [9.17, 15) is 0 Å². The third-order valence-corrected chi connectivity index (χ3v) is 3.65. The first kappa shape index (κ1) is 12.2. The van der Waals surface area contributed by atoms with Gasteiger partial charge in [0.05, 0.1) is 0 Å². The molecule has 1 aromatic heterocycles. The summed E-state index contributed by atoms with van der Waals surface area (Å²) in [6, 6.07) is 10.4. The van der Waals surface area contributed by atoms with Crippen LogP contribution in [0, 0.1) is 5.92 Å². The number of pyridine rings is 1. The summed E-state index contributed by atoms with van der Waals surface area (Å²) in [4.78, 5) is 4.42. The number of benzene rings is 1. The molecule has 1 atom stereocenters. The molecule has 0 aliphatic carbocycles. The number of hydrogen-bond acceptors (Lipinski definition) is 3. The van der Waals surface area contributed by atoms with Crippen LogP contribution < -0.4 is 5.32 Å². The first-order valence-electron chi connectivity index (χ1n) is 5.88. The van der Waals surface area contributed by atoms with Gasteiger partial charge in [-0.05, 0) is 29.4 Å². The third-order valence-electron chi connectivity index (χ3n) is 2.74. The van der Waals surface area contributed by atoms with Crippen molar-refractivity contribution in [1.29, 1.82) is 0 Å². The second-order valence-electron chi connectivity index (χ2n) is 4.32. The van der Waals surface area contributed by atoms with Gasteiger partial charge < -0.3 is 5.32 Å². The molecule has 90 valence electrons. The molecule has 0 fully saturated rings. The van der Waals surface area contributed by atoms with E-state index >= 15 is 0 Å². The van der Waals surface area contributed by atoms with Crippen LogP contribution in [-0.4, -0.2) is 23.5 Å². The van der Waals surface area contributed by atoms with Gasteiger partial charge in [0.1, 0.15) is 5.82 Å². The van der Waals surface area contributed by atoms with Crippen LogP contribution in [0.3, 0.4) is 0 Å². The number of aromatic nitrogens is 1. The van der Waals surface area contributed by atoms with E-state index in [1.165, 1.54) is 16.5 Å². The van der Waals surface area contributed by atoms with E-state index in [1.54, 1.807) is 0 Å². The lowest BCUT2D eigenvalue weighted by Gasteiger charge is -2.13. The summed E-state index contributed by atoms with van der Waals surface area (Å²) in [7, 11) is 0. The molecule has 0 saturated heterocycles. The molecule has 0 radical (unpaired) electrons. The number of nitrogens with zero attached hydrogens (tertiary/aromatic N) is 1. The molecule has 2 rings (SSSR count). The first-order valence-corrected chi connectivity index (χ1v) is 7.27. The average Bonchev–Trinajstić information content (AvgIpc) is 2.36. The molecule has 2 aromatic rings. The van der Waals surface area contributed by atoms with Crippen LogP contribution in [0.5, 0.6) is 0 Å². The second-order valence-corrected chi connectivity index (χ2v) is 5.23. The largest absolute Gasteiger partial charge is 0.369 e. The molecule has 0 saturated carbocycles. The van der Waals surface area contributed by atoms with Crippen molar-refractivity contribution in [1.82, 2.24) is 4.98 Å². The quantitative estimate of drug-likeness (QED) is 0.871. The Labute approximate surface area is 107 Å². The summed E-state index contributed by atoms with van der Waals surface area (Å²) >= 11 is 1.89. The molecule has 0 aliphatic heterocycles. The lowest BCUT2D eigenvalue weighted by molar-refractivity contribution is 0.700. The van der Waals surface area contributed by atoms with Gasteiger partial charge in [0.2, 0.25) is 0 Å². The van der Waals surface area contributed by atoms with E-state index in [0.29, 0.717) is 5.92 Å². The highest BCUT2D eigenvalue weighted by atomic mass is 32.2. The topological polar surface area (TPSA) is 24.9 Å². The Kier molecular flexibility index (Phi) is 4.26. The monoisotopic (exact) mass is 246 g/mol. The van der Waals surface area contributed by atoms with Gasteiger partial charge in [0.25, 0.3) is 0 Å². The Morgan fingerprint density at radius 3 is 2.94 bits per heavy atom. The van der Waals surface area contributed by atoms with Crippen molar-refractivity contribution in [3.05, 3.63) is 36.5 Å². The van der Waals surface area contributed by atoms with Gasteiger partial charge >= 0.3 is 0 Å². The molecule has 1 heterocycles. The molecular formula is C14H18N2S. The number of nitrogens with one attached hydrogen (secondary N) is 1. The van der Waals surface area contributed by atoms with Crippen LogP contribution in [0.2, 0.25) is 0 Å².